The standard InChI is InChI=1S/C22H26F3N3O3/c1-13-16(5-4-6-18(13)22(23,24)25)14(2)27-21(30)17-12-28(15-7-9-31-10-8-15)20(29)11-19(17)26-3/h4-6,11-12,14-15,26H,7-10H2,1-3H3,(H,27,30). The highest BCUT2D eigenvalue weighted by atomic mass is 19.4. The van der Waals surface area contributed by atoms with Crippen LogP contribution in [-0.2, 0) is 10.9 Å². The van der Waals surface area contributed by atoms with Crippen LogP contribution in [0.25, 0.3) is 0 Å². The molecule has 1 fully saturated rings. The third-order valence-corrected chi connectivity index (χ3v) is 5.67. The molecule has 2 heterocycles. The molecule has 2 aromatic rings. The average Bonchev–Trinajstić information content (AvgIpc) is 2.73. The van der Waals surface area contributed by atoms with Crippen molar-refractivity contribution in [1.82, 2.24) is 9.88 Å². The van der Waals surface area contributed by atoms with Crippen LogP contribution >= 0.6 is 0 Å². The Morgan fingerprint density at radius 2 is 1.94 bits per heavy atom. The summed E-state index contributed by atoms with van der Waals surface area (Å²) in [7, 11) is 1.60. The quantitative estimate of drug-likeness (QED) is 0.740. The van der Waals surface area contributed by atoms with Crippen molar-refractivity contribution in [3.05, 3.63) is 63.1 Å². The van der Waals surface area contributed by atoms with Crippen LogP contribution < -0.4 is 16.2 Å². The number of pyridine rings is 1. The molecule has 2 N–H and O–H groups in total. The van der Waals surface area contributed by atoms with E-state index in [-0.39, 0.29) is 22.7 Å². The Kier molecular flexibility index (Phi) is 6.74. The van der Waals surface area contributed by atoms with Crippen LogP contribution in [0.1, 0.15) is 58.9 Å². The van der Waals surface area contributed by atoms with E-state index in [0.29, 0.717) is 37.3 Å². The maximum atomic E-state index is 13.2. The highest BCUT2D eigenvalue weighted by Gasteiger charge is 2.33. The number of nitrogens with zero attached hydrogens (tertiary/aromatic N) is 1. The Morgan fingerprint density at radius 1 is 1.26 bits per heavy atom. The van der Waals surface area contributed by atoms with E-state index in [9.17, 15) is 22.8 Å². The second-order valence-corrected chi connectivity index (χ2v) is 7.65. The first-order valence-electron chi connectivity index (χ1n) is 10.1. The molecule has 0 spiro atoms. The second kappa shape index (κ2) is 9.13. The molecule has 1 atom stereocenters. The zero-order valence-corrected chi connectivity index (χ0v) is 17.7. The van der Waals surface area contributed by atoms with E-state index in [1.165, 1.54) is 25.3 Å². The molecule has 1 aromatic heterocycles. The maximum absolute atomic E-state index is 13.2. The Hall–Kier alpha value is -2.81. The number of ether oxygens (including phenoxy) is 1. The van der Waals surface area contributed by atoms with E-state index in [0.717, 1.165) is 6.07 Å². The predicted octanol–water partition coefficient (Wildman–Crippen LogP) is 4.06. The molecule has 6 nitrogen and oxygen atoms in total. The first kappa shape index (κ1) is 22.9. The lowest BCUT2D eigenvalue weighted by molar-refractivity contribution is -0.138. The van der Waals surface area contributed by atoms with E-state index in [1.807, 2.05) is 0 Å². The van der Waals surface area contributed by atoms with E-state index >= 15 is 0 Å². The summed E-state index contributed by atoms with van der Waals surface area (Å²) in [5, 5.41) is 5.62. The molecule has 1 aromatic carbocycles. The molecule has 0 saturated carbocycles. The van der Waals surface area contributed by atoms with Crippen LogP contribution in [0.5, 0.6) is 0 Å². The molecular formula is C22H26F3N3O3. The molecule has 0 aliphatic carbocycles. The third kappa shape index (κ3) is 4.92. The largest absolute Gasteiger partial charge is 0.416 e. The SMILES string of the molecule is CNc1cc(=O)n(C2CCOCC2)cc1C(=O)NC(C)c1cccc(C(F)(F)F)c1C. The van der Waals surface area contributed by atoms with Crippen molar-refractivity contribution in [2.75, 3.05) is 25.6 Å². The number of halogens is 3. The summed E-state index contributed by atoms with van der Waals surface area (Å²) in [5.41, 5.74) is 0.115. The fourth-order valence-electron chi connectivity index (χ4n) is 3.97. The van der Waals surface area contributed by atoms with Gasteiger partial charge >= 0.3 is 6.18 Å². The van der Waals surface area contributed by atoms with Gasteiger partial charge < -0.3 is 19.9 Å². The molecule has 31 heavy (non-hydrogen) atoms. The van der Waals surface area contributed by atoms with E-state index in [2.05, 4.69) is 10.6 Å². The average molecular weight is 437 g/mol. The topological polar surface area (TPSA) is 72.4 Å². The van der Waals surface area contributed by atoms with E-state index in [4.69, 9.17) is 4.74 Å². The monoisotopic (exact) mass is 437 g/mol. The minimum absolute atomic E-state index is 0.0677. The van der Waals surface area contributed by atoms with Crippen LogP contribution in [0.3, 0.4) is 0 Å². The van der Waals surface area contributed by atoms with Crippen molar-refractivity contribution >= 4 is 11.6 Å². The Bertz CT molecular complexity index is 1010. The van der Waals surface area contributed by atoms with Gasteiger partial charge in [-0.2, -0.15) is 13.2 Å². The van der Waals surface area contributed by atoms with Crippen molar-refractivity contribution in [3.8, 4) is 0 Å². The molecule has 0 radical (unpaired) electrons. The molecule has 1 saturated heterocycles. The van der Waals surface area contributed by atoms with Crippen molar-refractivity contribution in [2.24, 2.45) is 0 Å². The van der Waals surface area contributed by atoms with E-state index < -0.39 is 23.7 Å². The molecule has 1 amide bonds. The maximum Gasteiger partial charge on any atom is 0.416 e. The third-order valence-electron chi connectivity index (χ3n) is 5.67. The van der Waals surface area contributed by atoms with Crippen molar-refractivity contribution in [1.29, 1.82) is 0 Å². The molecule has 1 aliphatic heterocycles. The zero-order chi connectivity index (χ0) is 22.8. The van der Waals surface area contributed by atoms with Gasteiger partial charge in [0.05, 0.1) is 22.9 Å². The molecule has 168 valence electrons. The van der Waals surface area contributed by atoms with Gasteiger partial charge in [-0.05, 0) is 43.9 Å². The number of rotatable bonds is 5. The Balaban J connectivity index is 1.90. The van der Waals surface area contributed by atoms with E-state index in [1.54, 1.807) is 24.6 Å². The number of carbonyl (C=O) groups excluding carboxylic acids is 1. The normalized spacial score (nSPS) is 16.1. The lowest BCUT2D eigenvalue weighted by Crippen LogP contribution is -2.33. The first-order valence-corrected chi connectivity index (χ1v) is 10.1. The number of amides is 1. The first-order chi connectivity index (χ1) is 14.6. The lowest BCUT2D eigenvalue weighted by Gasteiger charge is -2.25. The highest BCUT2D eigenvalue weighted by molar-refractivity contribution is 5.99. The number of carbonyl (C=O) groups is 1. The van der Waals surface area contributed by atoms with Gasteiger partial charge in [0, 0.05) is 38.6 Å². The van der Waals surface area contributed by atoms with Crippen LogP contribution in [-0.4, -0.2) is 30.7 Å². The summed E-state index contributed by atoms with van der Waals surface area (Å²) < 4.78 is 46.6. The smallest absolute Gasteiger partial charge is 0.387 e. The van der Waals surface area contributed by atoms with Crippen LogP contribution in [0, 0.1) is 6.92 Å². The van der Waals surface area contributed by atoms with Crippen molar-refractivity contribution in [2.45, 2.75) is 44.9 Å². The predicted molar refractivity (Wildman–Crippen MR) is 111 cm³/mol. The number of hydrogen-bond donors (Lipinski definition) is 2. The van der Waals surface area contributed by atoms with Gasteiger partial charge in [-0.3, -0.25) is 9.59 Å². The Labute approximate surface area is 178 Å². The molecular weight excluding hydrogens is 411 g/mol. The number of alkyl halides is 3. The molecule has 9 heteroatoms. The van der Waals surface area contributed by atoms with Gasteiger partial charge in [0.15, 0.2) is 0 Å². The second-order valence-electron chi connectivity index (χ2n) is 7.65. The van der Waals surface area contributed by atoms with Crippen molar-refractivity contribution in [3.63, 3.8) is 0 Å². The van der Waals surface area contributed by atoms with Crippen LogP contribution in [0.4, 0.5) is 18.9 Å². The highest BCUT2D eigenvalue weighted by Crippen LogP contribution is 2.34. The summed E-state index contributed by atoms with van der Waals surface area (Å²) in [5.74, 6) is -0.477. The molecule has 0 bridgehead atoms. The molecule has 1 unspecified atom stereocenters. The zero-order valence-electron chi connectivity index (χ0n) is 17.7. The minimum atomic E-state index is -4.47. The lowest BCUT2D eigenvalue weighted by atomic mass is 9.97. The molecule has 1 aliphatic rings. The molecule has 3 rings (SSSR count). The summed E-state index contributed by atoms with van der Waals surface area (Å²) in [6.45, 7) is 4.11. The van der Waals surface area contributed by atoms with Gasteiger partial charge in [-0.15, -0.1) is 0 Å². The van der Waals surface area contributed by atoms with Crippen molar-refractivity contribution < 1.29 is 22.7 Å². The van der Waals surface area contributed by atoms with Gasteiger partial charge in [0.2, 0.25) is 0 Å². The number of nitrogens with one attached hydrogen (secondary N) is 2. The summed E-state index contributed by atoms with van der Waals surface area (Å²) in [4.78, 5) is 25.6. The van der Waals surface area contributed by atoms with Crippen LogP contribution in [0.15, 0.2) is 35.3 Å². The van der Waals surface area contributed by atoms with Gasteiger partial charge in [-0.25, -0.2) is 0 Å². The summed E-state index contributed by atoms with van der Waals surface area (Å²) in [6, 6.07) is 4.56. The van der Waals surface area contributed by atoms with Gasteiger partial charge in [-0.1, -0.05) is 12.1 Å². The summed E-state index contributed by atoms with van der Waals surface area (Å²) in [6.07, 6.45) is -1.62. The van der Waals surface area contributed by atoms with Gasteiger partial charge in [0.25, 0.3) is 11.5 Å². The van der Waals surface area contributed by atoms with Crippen LogP contribution in [0.2, 0.25) is 0 Å². The number of benzene rings is 1. The number of anilines is 1. The minimum Gasteiger partial charge on any atom is -0.387 e. The fraction of sp³-hybridized carbons (Fsp3) is 0.455. The van der Waals surface area contributed by atoms with Gasteiger partial charge in [0.1, 0.15) is 0 Å². The summed E-state index contributed by atoms with van der Waals surface area (Å²) >= 11 is 0. The fourth-order valence-corrected chi connectivity index (χ4v) is 3.97. The number of hydrogen-bond acceptors (Lipinski definition) is 4. The Morgan fingerprint density at radius 3 is 2.55 bits per heavy atom. The number of aromatic nitrogens is 1.